The molecule has 1 aromatic rings. The van der Waals surface area contributed by atoms with E-state index in [1.165, 1.54) is 0 Å². The van der Waals surface area contributed by atoms with Gasteiger partial charge in [-0.05, 0) is 24.6 Å². The van der Waals surface area contributed by atoms with E-state index in [1.807, 2.05) is 0 Å². The van der Waals surface area contributed by atoms with Crippen LogP contribution in [0.25, 0.3) is 0 Å². The molecule has 0 spiro atoms. The molecule has 1 rings (SSSR count). The number of unbranched alkanes of at least 4 members (excludes halogenated alkanes) is 2. The molecule has 110 valence electrons. The summed E-state index contributed by atoms with van der Waals surface area (Å²) in [6.07, 6.45) is 3.28. The van der Waals surface area contributed by atoms with Gasteiger partial charge < -0.3 is 5.11 Å². The van der Waals surface area contributed by atoms with Crippen molar-refractivity contribution in [3.05, 3.63) is 29.8 Å². The van der Waals surface area contributed by atoms with E-state index in [0.29, 0.717) is 18.5 Å². The largest absolute Gasteiger partial charge is 0.395 e. The molecule has 20 heavy (non-hydrogen) atoms. The number of aliphatic hydroxyl groups excluding tert-OH is 1. The summed E-state index contributed by atoms with van der Waals surface area (Å²) in [4.78, 5) is 0.227. The van der Waals surface area contributed by atoms with Crippen LogP contribution in [0.4, 0.5) is 0 Å². The lowest BCUT2D eigenvalue weighted by Gasteiger charge is -2.06. The van der Waals surface area contributed by atoms with Gasteiger partial charge in [0.25, 0.3) is 0 Å². The first kappa shape index (κ1) is 16.7. The Bertz CT molecular complexity index is 570. The summed E-state index contributed by atoms with van der Waals surface area (Å²) in [6, 6.07) is 6.52. The molecule has 4 nitrogen and oxygen atoms in total. The number of aliphatic hydroxyl groups is 1. The summed E-state index contributed by atoms with van der Waals surface area (Å²) in [5.74, 6) is 5.61. The summed E-state index contributed by atoms with van der Waals surface area (Å²) < 4.78 is 26.7. The van der Waals surface area contributed by atoms with E-state index in [-0.39, 0.29) is 11.5 Å². The molecule has 0 fully saturated rings. The second kappa shape index (κ2) is 8.75. The van der Waals surface area contributed by atoms with E-state index < -0.39 is 10.0 Å². The molecule has 0 radical (unpaired) electrons. The van der Waals surface area contributed by atoms with E-state index in [2.05, 4.69) is 23.5 Å². The highest BCUT2D eigenvalue weighted by Crippen LogP contribution is 2.11. The van der Waals surface area contributed by atoms with Gasteiger partial charge >= 0.3 is 0 Å². The highest BCUT2D eigenvalue weighted by Gasteiger charge is 2.12. The maximum Gasteiger partial charge on any atom is 0.240 e. The first-order chi connectivity index (χ1) is 9.60. The normalized spacial score (nSPS) is 10.9. The Morgan fingerprint density at radius 2 is 2.10 bits per heavy atom. The summed E-state index contributed by atoms with van der Waals surface area (Å²) in [5, 5.41) is 8.66. The quantitative estimate of drug-likeness (QED) is 0.596. The Hall–Kier alpha value is -1.35. The first-order valence-corrected chi connectivity index (χ1v) is 8.28. The number of sulfonamides is 1. The van der Waals surface area contributed by atoms with Crippen LogP contribution in [0, 0.1) is 11.8 Å². The SMILES string of the molecule is CCCCCNS(=O)(=O)c1cccc(C#CCCO)c1. The second-order valence-corrected chi connectivity index (χ2v) is 6.18. The highest BCUT2D eigenvalue weighted by molar-refractivity contribution is 7.89. The predicted molar refractivity (Wildman–Crippen MR) is 79.7 cm³/mol. The molecule has 0 aliphatic heterocycles. The molecule has 0 aromatic heterocycles. The monoisotopic (exact) mass is 295 g/mol. The fraction of sp³-hybridized carbons (Fsp3) is 0.467. The van der Waals surface area contributed by atoms with Gasteiger partial charge in [0.15, 0.2) is 0 Å². The lowest BCUT2D eigenvalue weighted by Crippen LogP contribution is -2.24. The summed E-state index contributed by atoms with van der Waals surface area (Å²) >= 11 is 0. The van der Waals surface area contributed by atoms with Gasteiger partial charge in [-0.15, -0.1) is 0 Å². The van der Waals surface area contributed by atoms with Gasteiger partial charge in [0.2, 0.25) is 10.0 Å². The van der Waals surface area contributed by atoms with Crippen molar-refractivity contribution >= 4 is 10.0 Å². The minimum atomic E-state index is -3.46. The fourth-order valence-corrected chi connectivity index (χ4v) is 2.75. The Labute approximate surface area is 121 Å². The Kier molecular flexibility index (Phi) is 7.31. The van der Waals surface area contributed by atoms with Crippen molar-refractivity contribution in [2.75, 3.05) is 13.2 Å². The second-order valence-electron chi connectivity index (χ2n) is 4.41. The van der Waals surface area contributed by atoms with Crippen molar-refractivity contribution < 1.29 is 13.5 Å². The van der Waals surface area contributed by atoms with Crippen LogP contribution in [0.2, 0.25) is 0 Å². The van der Waals surface area contributed by atoms with E-state index in [0.717, 1.165) is 19.3 Å². The van der Waals surface area contributed by atoms with Crippen LogP contribution < -0.4 is 4.72 Å². The van der Waals surface area contributed by atoms with Gasteiger partial charge in [-0.3, -0.25) is 0 Å². The van der Waals surface area contributed by atoms with Crippen molar-refractivity contribution in [3.8, 4) is 11.8 Å². The van der Waals surface area contributed by atoms with E-state index in [4.69, 9.17) is 5.11 Å². The van der Waals surface area contributed by atoms with Gasteiger partial charge in [-0.1, -0.05) is 37.7 Å². The molecule has 0 saturated carbocycles. The van der Waals surface area contributed by atoms with Crippen LogP contribution in [0.3, 0.4) is 0 Å². The lowest BCUT2D eigenvalue weighted by atomic mass is 10.2. The molecule has 0 atom stereocenters. The Morgan fingerprint density at radius 3 is 2.80 bits per heavy atom. The summed E-state index contributed by atoms with van der Waals surface area (Å²) in [5.41, 5.74) is 0.634. The van der Waals surface area contributed by atoms with Gasteiger partial charge in [-0.2, -0.15) is 0 Å². The van der Waals surface area contributed by atoms with Crippen molar-refractivity contribution in [1.29, 1.82) is 0 Å². The number of nitrogens with one attached hydrogen (secondary N) is 1. The van der Waals surface area contributed by atoms with Crippen LogP contribution in [-0.4, -0.2) is 26.7 Å². The standard InChI is InChI=1S/C15H21NO3S/c1-2-3-5-11-16-20(18,19)15-10-7-9-14(13-15)8-4-6-12-17/h7,9-10,13,16-17H,2-3,5-6,11-12H2,1H3. The smallest absolute Gasteiger partial charge is 0.240 e. The maximum atomic E-state index is 12.1. The molecule has 2 N–H and O–H groups in total. The van der Waals surface area contributed by atoms with Crippen molar-refractivity contribution in [2.24, 2.45) is 0 Å². The summed E-state index contributed by atoms with van der Waals surface area (Å²) in [7, 11) is -3.46. The van der Waals surface area contributed by atoms with Crippen LogP contribution >= 0.6 is 0 Å². The van der Waals surface area contributed by atoms with E-state index in [1.54, 1.807) is 24.3 Å². The summed E-state index contributed by atoms with van der Waals surface area (Å²) in [6.45, 7) is 2.53. The molecule has 0 heterocycles. The lowest BCUT2D eigenvalue weighted by molar-refractivity contribution is 0.305. The highest BCUT2D eigenvalue weighted by atomic mass is 32.2. The van der Waals surface area contributed by atoms with Gasteiger partial charge in [0.1, 0.15) is 0 Å². The van der Waals surface area contributed by atoms with Crippen LogP contribution in [0.5, 0.6) is 0 Å². The zero-order valence-corrected chi connectivity index (χ0v) is 12.5. The topological polar surface area (TPSA) is 66.4 Å². The Balaban J connectivity index is 2.75. The predicted octanol–water partition coefficient (Wildman–Crippen LogP) is 1.89. The molecule has 0 aliphatic carbocycles. The van der Waals surface area contributed by atoms with Crippen molar-refractivity contribution in [3.63, 3.8) is 0 Å². The third-order valence-corrected chi connectivity index (χ3v) is 4.14. The van der Waals surface area contributed by atoms with E-state index in [9.17, 15) is 8.42 Å². The third kappa shape index (κ3) is 5.74. The van der Waals surface area contributed by atoms with Gasteiger partial charge in [0.05, 0.1) is 11.5 Å². The third-order valence-electron chi connectivity index (χ3n) is 2.69. The van der Waals surface area contributed by atoms with E-state index >= 15 is 0 Å². The molecule has 0 bridgehead atoms. The zero-order chi connectivity index (χ0) is 14.8. The number of hydrogen-bond acceptors (Lipinski definition) is 3. The fourth-order valence-electron chi connectivity index (χ4n) is 1.63. The molecular formula is C15H21NO3S. The molecule has 0 amide bonds. The number of rotatable bonds is 7. The zero-order valence-electron chi connectivity index (χ0n) is 11.7. The van der Waals surface area contributed by atoms with Crippen LogP contribution in [0.15, 0.2) is 29.2 Å². The molecule has 5 heteroatoms. The average Bonchev–Trinajstić information content (AvgIpc) is 2.44. The molecular weight excluding hydrogens is 274 g/mol. The minimum absolute atomic E-state index is 0.00394. The van der Waals surface area contributed by atoms with Crippen LogP contribution in [0.1, 0.15) is 38.2 Å². The van der Waals surface area contributed by atoms with Crippen molar-refractivity contribution in [2.45, 2.75) is 37.5 Å². The Morgan fingerprint density at radius 1 is 1.30 bits per heavy atom. The maximum absolute atomic E-state index is 12.1. The van der Waals surface area contributed by atoms with Crippen LogP contribution in [-0.2, 0) is 10.0 Å². The van der Waals surface area contributed by atoms with Crippen molar-refractivity contribution in [1.82, 2.24) is 4.72 Å². The molecule has 0 unspecified atom stereocenters. The minimum Gasteiger partial charge on any atom is -0.395 e. The first-order valence-electron chi connectivity index (χ1n) is 6.79. The van der Waals surface area contributed by atoms with Gasteiger partial charge in [0, 0.05) is 18.5 Å². The molecule has 0 aliphatic rings. The average molecular weight is 295 g/mol. The number of hydrogen-bond donors (Lipinski definition) is 2. The van der Waals surface area contributed by atoms with Gasteiger partial charge in [-0.25, -0.2) is 13.1 Å². The molecule has 0 saturated heterocycles. The number of benzene rings is 1. The molecule has 1 aromatic carbocycles.